The Morgan fingerprint density at radius 3 is 2.72 bits per heavy atom. The number of urea groups is 1. The number of aromatic nitrogens is 2. The second-order valence-electron chi connectivity index (χ2n) is 8.03. The van der Waals surface area contributed by atoms with Crippen molar-refractivity contribution < 1.29 is 18.3 Å². The van der Waals surface area contributed by atoms with E-state index in [2.05, 4.69) is 27.5 Å². The van der Waals surface area contributed by atoms with E-state index in [0.717, 1.165) is 19.8 Å². The van der Waals surface area contributed by atoms with Crippen LogP contribution in [0.3, 0.4) is 0 Å². The van der Waals surface area contributed by atoms with Gasteiger partial charge in [-0.3, -0.25) is 9.36 Å². The standard InChI is InChI=1S/C22H21ClF2N4O3/c1-21(24,25)22(6-5-13-3-4-13)16-9-17(23)14(7-18(16)27-20(31)28-22)10-29-12-26-15(11-32-2)8-19(29)30/h7-9,12-13H,3-4,10-11H2,1-2H3,(H2,27,28,31)/t22-/m0/s1. The maximum Gasteiger partial charge on any atom is 0.320 e. The zero-order valence-corrected chi connectivity index (χ0v) is 18.2. The molecule has 0 saturated heterocycles. The van der Waals surface area contributed by atoms with Crippen LogP contribution in [0.15, 0.2) is 29.3 Å². The van der Waals surface area contributed by atoms with Crippen molar-refractivity contribution in [2.75, 3.05) is 12.4 Å². The minimum Gasteiger partial charge on any atom is -0.378 e. The topological polar surface area (TPSA) is 85.2 Å². The van der Waals surface area contributed by atoms with Gasteiger partial charge in [0.25, 0.3) is 11.5 Å². The molecule has 4 rings (SSSR count). The summed E-state index contributed by atoms with van der Waals surface area (Å²) in [6, 6.07) is 3.42. The van der Waals surface area contributed by atoms with Crippen molar-refractivity contribution in [3.8, 4) is 11.8 Å². The van der Waals surface area contributed by atoms with Crippen LogP contribution >= 0.6 is 11.6 Å². The van der Waals surface area contributed by atoms with Gasteiger partial charge in [-0.05, 0) is 30.5 Å². The Morgan fingerprint density at radius 1 is 1.34 bits per heavy atom. The second kappa shape index (κ2) is 8.19. The summed E-state index contributed by atoms with van der Waals surface area (Å²) in [6.07, 6.45) is 3.06. The highest BCUT2D eigenvalue weighted by molar-refractivity contribution is 6.31. The van der Waals surface area contributed by atoms with Crippen molar-refractivity contribution in [2.24, 2.45) is 5.92 Å². The number of fused-ring (bicyclic) bond motifs is 1. The first-order valence-corrected chi connectivity index (χ1v) is 10.4. The fourth-order valence-electron chi connectivity index (χ4n) is 3.53. The molecule has 10 heteroatoms. The number of carbonyl (C=O) groups is 1. The third kappa shape index (κ3) is 4.20. The molecule has 1 saturated carbocycles. The molecule has 2 amide bonds. The first-order chi connectivity index (χ1) is 15.1. The second-order valence-corrected chi connectivity index (χ2v) is 8.44. The molecule has 1 atom stereocenters. The average Bonchev–Trinajstić information content (AvgIpc) is 3.53. The van der Waals surface area contributed by atoms with E-state index < -0.39 is 17.5 Å². The zero-order valence-electron chi connectivity index (χ0n) is 17.5. The van der Waals surface area contributed by atoms with Crippen molar-refractivity contribution in [2.45, 2.75) is 44.4 Å². The average molecular weight is 463 g/mol. The minimum absolute atomic E-state index is 0.0395. The number of nitrogens with one attached hydrogen (secondary N) is 2. The lowest BCUT2D eigenvalue weighted by atomic mass is 9.81. The number of hydrogen-bond donors (Lipinski definition) is 2. The molecule has 1 aromatic carbocycles. The number of nitrogens with zero attached hydrogens (tertiary/aromatic N) is 2. The summed E-state index contributed by atoms with van der Waals surface area (Å²) < 4.78 is 36.0. The number of carbonyl (C=O) groups excluding carboxylic acids is 1. The molecule has 32 heavy (non-hydrogen) atoms. The molecule has 1 fully saturated rings. The summed E-state index contributed by atoms with van der Waals surface area (Å²) in [5.41, 5.74) is -1.36. The molecular formula is C22H21ClF2N4O3. The Kier molecular flexibility index (Phi) is 5.69. The van der Waals surface area contributed by atoms with E-state index >= 15 is 0 Å². The van der Waals surface area contributed by atoms with Gasteiger partial charge in [0.15, 0.2) is 5.54 Å². The predicted octanol–water partition coefficient (Wildman–Crippen LogP) is 3.49. The molecule has 2 aliphatic rings. The third-order valence-electron chi connectivity index (χ3n) is 5.41. The number of hydrogen-bond acceptors (Lipinski definition) is 4. The van der Waals surface area contributed by atoms with Gasteiger partial charge in [-0.25, -0.2) is 18.6 Å². The van der Waals surface area contributed by atoms with Gasteiger partial charge in [-0.2, -0.15) is 0 Å². The highest BCUT2D eigenvalue weighted by Crippen LogP contribution is 2.45. The molecule has 2 aromatic rings. The molecular weight excluding hydrogens is 442 g/mol. The van der Waals surface area contributed by atoms with Crippen molar-refractivity contribution in [3.05, 3.63) is 56.7 Å². The maximum absolute atomic E-state index is 14.9. The van der Waals surface area contributed by atoms with Gasteiger partial charge in [-0.1, -0.05) is 23.4 Å². The number of alkyl halides is 2. The van der Waals surface area contributed by atoms with Crippen molar-refractivity contribution in [1.29, 1.82) is 0 Å². The van der Waals surface area contributed by atoms with Crippen LogP contribution in [0, 0.1) is 17.8 Å². The third-order valence-corrected chi connectivity index (χ3v) is 5.76. The predicted molar refractivity (Wildman–Crippen MR) is 115 cm³/mol. The summed E-state index contributed by atoms with van der Waals surface area (Å²) in [7, 11) is 1.50. The van der Waals surface area contributed by atoms with Gasteiger partial charge in [-0.15, -0.1) is 0 Å². The van der Waals surface area contributed by atoms with E-state index in [0.29, 0.717) is 11.3 Å². The van der Waals surface area contributed by atoms with E-state index in [9.17, 15) is 18.4 Å². The summed E-state index contributed by atoms with van der Waals surface area (Å²) in [5, 5.41) is 5.04. The molecule has 2 heterocycles. The Balaban J connectivity index is 1.76. The normalized spacial score (nSPS) is 20.0. The van der Waals surface area contributed by atoms with Crippen LogP contribution in [0.2, 0.25) is 5.02 Å². The van der Waals surface area contributed by atoms with Crippen LogP contribution in [-0.4, -0.2) is 28.6 Å². The molecule has 7 nitrogen and oxygen atoms in total. The Labute approximate surface area is 188 Å². The van der Waals surface area contributed by atoms with Gasteiger partial charge in [0.1, 0.15) is 0 Å². The van der Waals surface area contributed by atoms with Crippen LogP contribution in [0.1, 0.15) is 36.6 Å². The maximum atomic E-state index is 14.9. The van der Waals surface area contributed by atoms with E-state index in [1.54, 1.807) is 0 Å². The lowest BCUT2D eigenvalue weighted by Gasteiger charge is -2.40. The molecule has 2 N–H and O–H groups in total. The SMILES string of the molecule is COCc1cc(=O)n(Cc2cc3c(cc2Cl)[C@@](C#CC2CC2)(C(C)(F)F)NC(=O)N3)cn1. The monoisotopic (exact) mass is 462 g/mol. The summed E-state index contributed by atoms with van der Waals surface area (Å²) in [5.74, 6) is 2.16. The number of methoxy groups -OCH3 is 1. The van der Waals surface area contributed by atoms with Gasteiger partial charge >= 0.3 is 6.03 Å². The summed E-state index contributed by atoms with van der Waals surface area (Å²) in [6.45, 7) is 0.959. The molecule has 0 unspecified atom stereocenters. The van der Waals surface area contributed by atoms with Crippen LogP contribution < -0.4 is 16.2 Å². The first-order valence-electron chi connectivity index (χ1n) is 10.00. The number of amides is 2. The lowest BCUT2D eigenvalue weighted by molar-refractivity contribution is -0.0464. The number of anilines is 1. The highest BCUT2D eigenvalue weighted by atomic mass is 35.5. The highest BCUT2D eigenvalue weighted by Gasteiger charge is 2.55. The van der Waals surface area contributed by atoms with Gasteiger partial charge in [0.05, 0.1) is 25.2 Å². The molecule has 0 radical (unpaired) electrons. The quantitative estimate of drug-likeness (QED) is 0.666. The first kappa shape index (κ1) is 22.2. The molecule has 1 aliphatic heterocycles. The Hall–Kier alpha value is -2.96. The molecule has 0 bridgehead atoms. The van der Waals surface area contributed by atoms with Crippen LogP contribution in [-0.2, 0) is 23.4 Å². The van der Waals surface area contributed by atoms with Crippen LogP contribution in [0.5, 0.6) is 0 Å². The number of ether oxygens (including phenoxy) is 1. The van der Waals surface area contributed by atoms with Gasteiger partial charge in [0.2, 0.25) is 0 Å². The van der Waals surface area contributed by atoms with Crippen molar-refractivity contribution >= 4 is 23.3 Å². The van der Waals surface area contributed by atoms with Crippen LogP contribution in [0.25, 0.3) is 0 Å². The smallest absolute Gasteiger partial charge is 0.320 e. The minimum atomic E-state index is -3.38. The number of benzene rings is 1. The number of halogens is 3. The fourth-order valence-corrected chi connectivity index (χ4v) is 3.75. The summed E-state index contributed by atoms with van der Waals surface area (Å²) >= 11 is 6.44. The fraction of sp³-hybridized carbons (Fsp3) is 0.409. The van der Waals surface area contributed by atoms with Crippen molar-refractivity contribution in [1.82, 2.24) is 14.9 Å². The Bertz CT molecular complexity index is 1190. The van der Waals surface area contributed by atoms with Crippen LogP contribution in [0.4, 0.5) is 19.3 Å². The Morgan fingerprint density at radius 2 is 2.09 bits per heavy atom. The lowest BCUT2D eigenvalue weighted by Crippen LogP contribution is -2.59. The van der Waals surface area contributed by atoms with E-state index in [1.807, 2.05) is 0 Å². The molecule has 1 aromatic heterocycles. The number of rotatable bonds is 5. The molecule has 168 valence electrons. The summed E-state index contributed by atoms with van der Waals surface area (Å²) in [4.78, 5) is 28.9. The van der Waals surface area contributed by atoms with Gasteiger partial charge < -0.3 is 15.4 Å². The zero-order chi connectivity index (χ0) is 23.1. The van der Waals surface area contributed by atoms with E-state index in [4.69, 9.17) is 16.3 Å². The largest absolute Gasteiger partial charge is 0.378 e. The molecule has 1 aliphatic carbocycles. The van der Waals surface area contributed by atoms with Crippen molar-refractivity contribution in [3.63, 3.8) is 0 Å². The molecule has 0 spiro atoms. The van der Waals surface area contributed by atoms with Gasteiger partial charge in [0, 0.05) is 42.3 Å². The van der Waals surface area contributed by atoms with E-state index in [-0.39, 0.29) is 40.9 Å². The van der Waals surface area contributed by atoms with E-state index in [1.165, 1.54) is 36.2 Å².